The number of benzene rings is 1. The van der Waals surface area contributed by atoms with Gasteiger partial charge >= 0.3 is 0 Å². The molecule has 20 heteroatoms. The molecular formula is C47H59FN8O10S. The SMILES string of the molecule is Cc1c(F)cc2nc3c(c4c2c1CC[C@@H]4NC(=O)COCNC(=O)[C@H](C)NC(=O)[C@@H](NC(=O)CCCCCN1C(=O)CC(SC(C)C)C1=O)C(C)C)Cn1c-3cc2c(c1=O)COC(=N)[C@@]2(C)O. The molecule has 6 N–H and O–H groups in total. The molecule has 1 aliphatic carbocycles. The lowest BCUT2D eigenvalue weighted by atomic mass is 9.81. The van der Waals surface area contributed by atoms with E-state index < -0.39 is 59.4 Å². The van der Waals surface area contributed by atoms with E-state index in [1.54, 1.807) is 26.8 Å². The smallest absolute Gasteiger partial charge is 0.258 e. The number of hydrogen-bond donors (Lipinski definition) is 6. The molecule has 0 saturated carbocycles. The fourth-order valence-corrected chi connectivity index (χ4v) is 10.5. The second kappa shape index (κ2) is 19.9. The minimum absolute atomic E-state index is 0.103. The van der Waals surface area contributed by atoms with E-state index in [1.807, 2.05) is 13.8 Å². The maximum atomic E-state index is 15.3. The number of unbranched alkanes of at least 4 members (excludes halogenated alkanes) is 2. The highest BCUT2D eigenvalue weighted by molar-refractivity contribution is 8.01. The third kappa shape index (κ3) is 9.97. The minimum atomic E-state index is -1.85. The zero-order valence-electron chi connectivity index (χ0n) is 38.9. The van der Waals surface area contributed by atoms with E-state index in [0.29, 0.717) is 77.6 Å². The number of carbonyl (C=O) groups excluding carboxylic acids is 6. The zero-order valence-corrected chi connectivity index (χ0v) is 39.7. The number of likely N-dealkylation sites (tertiary alicyclic amines) is 1. The van der Waals surface area contributed by atoms with Crippen molar-refractivity contribution in [2.75, 3.05) is 19.9 Å². The van der Waals surface area contributed by atoms with Gasteiger partial charge in [0.25, 0.3) is 5.56 Å². The summed E-state index contributed by atoms with van der Waals surface area (Å²) in [7, 11) is 0. The van der Waals surface area contributed by atoms with Crippen LogP contribution in [0.4, 0.5) is 4.39 Å². The van der Waals surface area contributed by atoms with Crippen LogP contribution in [-0.2, 0) is 63.4 Å². The molecule has 5 heterocycles. The number of thioether (sulfide) groups is 1. The van der Waals surface area contributed by atoms with E-state index in [0.717, 1.165) is 5.56 Å². The molecule has 18 nitrogen and oxygen atoms in total. The third-order valence-electron chi connectivity index (χ3n) is 12.9. The van der Waals surface area contributed by atoms with Crippen molar-refractivity contribution in [2.24, 2.45) is 5.92 Å². The number of hydrogen-bond acceptors (Lipinski definition) is 13. The van der Waals surface area contributed by atoms with Gasteiger partial charge in [0.2, 0.25) is 41.3 Å². The van der Waals surface area contributed by atoms with Gasteiger partial charge in [0.05, 0.1) is 40.3 Å². The Morgan fingerprint density at radius 1 is 1.03 bits per heavy atom. The van der Waals surface area contributed by atoms with Crippen LogP contribution in [0.5, 0.6) is 0 Å². The van der Waals surface area contributed by atoms with Crippen molar-refractivity contribution in [1.82, 2.24) is 35.7 Å². The maximum Gasteiger partial charge on any atom is 0.258 e. The second-order valence-electron chi connectivity index (χ2n) is 18.5. The molecule has 3 aliphatic heterocycles. The topological polar surface area (TPSA) is 251 Å². The van der Waals surface area contributed by atoms with Crippen LogP contribution in [0.2, 0.25) is 0 Å². The van der Waals surface area contributed by atoms with Crippen molar-refractivity contribution < 1.29 is 47.7 Å². The summed E-state index contributed by atoms with van der Waals surface area (Å²) in [4.78, 5) is 97.4. The normalized spacial score (nSPS) is 20.3. The molecule has 1 saturated heterocycles. The molecule has 1 unspecified atom stereocenters. The number of imide groups is 1. The number of ether oxygens (including phenoxy) is 2. The van der Waals surface area contributed by atoms with E-state index in [4.69, 9.17) is 19.9 Å². The number of aliphatic hydroxyl groups is 1. The van der Waals surface area contributed by atoms with Crippen LogP contribution >= 0.6 is 11.8 Å². The molecule has 4 aliphatic rings. The summed E-state index contributed by atoms with van der Waals surface area (Å²) in [5.74, 6) is -3.44. The van der Waals surface area contributed by atoms with Crippen molar-refractivity contribution in [3.63, 3.8) is 0 Å². The second-order valence-corrected chi connectivity index (χ2v) is 20.3. The minimum Gasteiger partial charge on any atom is -0.474 e. The average molecular weight is 947 g/mol. The molecule has 0 spiro atoms. The van der Waals surface area contributed by atoms with E-state index >= 15 is 4.39 Å². The van der Waals surface area contributed by atoms with Crippen molar-refractivity contribution in [3.8, 4) is 11.4 Å². The molecule has 67 heavy (non-hydrogen) atoms. The largest absolute Gasteiger partial charge is 0.474 e. The highest BCUT2D eigenvalue weighted by Gasteiger charge is 2.42. The predicted octanol–water partition coefficient (Wildman–Crippen LogP) is 3.26. The lowest BCUT2D eigenvalue weighted by Gasteiger charge is -2.31. The first-order valence-corrected chi connectivity index (χ1v) is 23.7. The van der Waals surface area contributed by atoms with Gasteiger partial charge in [-0.1, -0.05) is 34.1 Å². The number of amides is 6. The summed E-state index contributed by atoms with van der Waals surface area (Å²) < 4.78 is 27.7. The molecule has 0 radical (unpaired) electrons. The summed E-state index contributed by atoms with van der Waals surface area (Å²) in [6, 6.07) is 0.456. The number of halogens is 1. The van der Waals surface area contributed by atoms with Crippen molar-refractivity contribution in [3.05, 3.63) is 61.7 Å². The van der Waals surface area contributed by atoms with Crippen molar-refractivity contribution in [2.45, 2.75) is 141 Å². The summed E-state index contributed by atoms with van der Waals surface area (Å²) >= 11 is 1.49. The Morgan fingerprint density at radius 3 is 2.49 bits per heavy atom. The monoisotopic (exact) mass is 946 g/mol. The number of aromatic nitrogens is 2. The number of aryl methyl sites for hydroxylation is 1. The van der Waals surface area contributed by atoms with Gasteiger partial charge in [-0.05, 0) is 80.4 Å². The van der Waals surface area contributed by atoms with E-state index in [9.17, 15) is 38.7 Å². The van der Waals surface area contributed by atoms with Crippen molar-refractivity contribution >= 4 is 64.0 Å². The quantitative estimate of drug-likeness (QED) is 0.0478. The number of nitrogens with zero attached hydrogens (tertiary/aromatic N) is 3. The molecule has 0 bridgehead atoms. The van der Waals surface area contributed by atoms with Crippen LogP contribution in [0.15, 0.2) is 16.9 Å². The van der Waals surface area contributed by atoms with E-state index in [-0.39, 0.29) is 83.9 Å². The molecular weight excluding hydrogens is 888 g/mol. The zero-order chi connectivity index (χ0) is 48.6. The molecule has 1 fully saturated rings. The fraction of sp³-hybridized carbons (Fsp3) is 0.553. The average Bonchev–Trinajstić information content (AvgIpc) is 3.76. The van der Waals surface area contributed by atoms with Gasteiger partial charge in [-0.2, -0.15) is 0 Å². The molecule has 6 amide bonds. The van der Waals surface area contributed by atoms with Gasteiger partial charge in [-0.25, -0.2) is 9.37 Å². The van der Waals surface area contributed by atoms with Crippen LogP contribution in [-0.4, -0.2) is 103 Å². The molecule has 360 valence electrons. The Morgan fingerprint density at radius 2 is 1.78 bits per heavy atom. The van der Waals surface area contributed by atoms with Gasteiger partial charge < -0.3 is 40.4 Å². The summed E-state index contributed by atoms with van der Waals surface area (Å²) in [5.41, 5.74) is 1.93. The van der Waals surface area contributed by atoms with E-state index in [2.05, 4.69) is 21.3 Å². The standard InChI is InChI=1S/C47H59FN8O10S/c1-22(2)40(54-35(57)11-9-8-10-14-55-37(59)17-34(45(55)63)67-23(3)4)43(61)51-25(6)42(60)50-21-65-20-36(58)52-31-13-12-26-24(5)30(48)16-32-38(26)39(31)27-18-56-33(41(27)53-32)15-29-28(44(56)62)19-66-46(49)47(29,7)64/h15-16,22-23,25,31,34,40,49,64H,8-14,17-21H2,1-7H3,(H,50,60)(H,51,61)(H,52,58)(H,54,57)/t25-,31-,34?,40-,47-/m0/s1. The molecule has 3 aromatic rings. The lowest BCUT2D eigenvalue weighted by molar-refractivity contribution is -0.138. The summed E-state index contributed by atoms with van der Waals surface area (Å²) in [5, 5.41) is 30.8. The van der Waals surface area contributed by atoms with Crippen LogP contribution in [0.25, 0.3) is 22.3 Å². The molecule has 2 aromatic heterocycles. The lowest BCUT2D eigenvalue weighted by Crippen LogP contribution is -2.54. The molecule has 1 aromatic carbocycles. The number of nitrogens with one attached hydrogen (secondary N) is 5. The first-order valence-electron chi connectivity index (χ1n) is 22.8. The molecule has 7 rings (SSSR count). The number of fused-ring (bicyclic) bond motifs is 5. The number of rotatable bonds is 18. The Kier molecular flexibility index (Phi) is 14.6. The Balaban J connectivity index is 0.902. The summed E-state index contributed by atoms with van der Waals surface area (Å²) in [6.45, 7) is 11.5. The number of carbonyl (C=O) groups is 6. The van der Waals surface area contributed by atoms with Gasteiger partial charge in [-0.3, -0.25) is 43.9 Å². The Labute approximate surface area is 391 Å². The van der Waals surface area contributed by atoms with Crippen molar-refractivity contribution in [1.29, 1.82) is 5.41 Å². The number of pyridine rings is 2. The van der Waals surface area contributed by atoms with Gasteiger partial charge in [0.15, 0.2) is 5.60 Å². The first-order chi connectivity index (χ1) is 31.7. The van der Waals surface area contributed by atoms with Crippen LogP contribution in [0.1, 0.15) is 119 Å². The highest BCUT2D eigenvalue weighted by Crippen LogP contribution is 2.45. The Hall–Kier alpha value is -5.73. The fourth-order valence-electron chi connectivity index (χ4n) is 9.33. The van der Waals surface area contributed by atoms with Crippen LogP contribution in [0, 0.1) is 24.1 Å². The third-order valence-corrected chi connectivity index (χ3v) is 14.2. The van der Waals surface area contributed by atoms with Gasteiger partial charge in [-0.15, -0.1) is 11.8 Å². The van der Waals surface area contributed by atoms with Crippen LogP contribution < -0.4 is 26.8 Å². The molecule has 5 atom stereocenters. The van der Waals surface area contributed by atoms with E-state index in [1.165, 1.54) is 41.1 Å². The maximum absolute atomic E-state index is 15.3. The van der Waals surface area contributed by atoms with Crippen LogP contribution in [0.3, 0.4) is 0 Å². The Bertz CT molecular complexity index is 2610. The van der Waals surface area contributed by atoms with Gasteiger partial charge in [0, 0.05) is 42.0 Å². The summed E-state index contributed by atoms with van der Waals surface area (Å²) in [6.07, 6.45) is 2.86. The predicted molar refractivity (Wildman–Crippen MR) is 246 cm³/mol. The first kappa shape index (κ1) is 49.2. The van der Waals surface area contributed by atoms with Gasteiger partial charge in [0.1, 0.15) is 37.8 Å². The highest BCUT2D eigenvalue weighted by atomic mass is 32.2.